The zero-order valence-corrected chi connectivity index (χ0v) is 11.9. The fourth-order valence-corrected chi connectivity index (χ4v) is 3.11. The van der Waals surface area contributed by atoms with Crippen LogP contribution in [0, 0.1) is 0 Å². The number of nitrogens with zero attached hydrogens (tertiary/aromatic N) is 2. The fraction of sp³-hybridized carbons (Fsp3) is 0.688. The maximum absolute atomic E-state index is 4.30. The van der Waals surface area contributed by atoms with Crippen LogP contribution in [-0.4, -0.2) is 24.1 Å². The molecule has 2 fully saturated rings. The van der Waals surface area contributed by atoms with Gasteiger partial charge in [-0.05, 0) is 31.7 Å². The minimum absolute atomic E-state index is 0.718. The first-order valence-electron chi connectivity index (χ1n) is 7.73. The molecule has 0 atom stereocenters. The lowest BCUT2D eigenvalue weighted by Crippen LogP contribution is -2.34. The molecule has 0 bridgehead atoms. The summed E-state index contributed by atoms with van der Waals surface area (Å²) < 4.78 is 0. The van der Waals surface area contributed by atoms with E-state index in [0.29, 0.717) is 0 Å². The van der Waals surface area contributed by atoms with Gasteiger partial charge in [0.15, 0.2) is 0 Å². The SMILES string of the molecule is CN(c1ccncc1CNC1CC1)C1CCCCC1. The molecule has 1 heterocycles. The van der Waals surface area contributed by atoms with Gasteiger partial charge >= 0.3 is 0 Å². The highest BCUT2D eigenvalue weighted by atomic mass is 15.1. The second-order valence-corrected chi connectivity index (χ2v) is 6.06. The van der Waals surface area contributed by atoms with Crippen LogP contribution in [0.5, 0.6) is 0 Å². The van der Waals surface area contributed by atoms with E-state index in [-0.39, 0.29) is 0 Å². The zero-order valence-electron chi connectivity index (χ0n) is 11.9. The van der Waals surface area contributed by atoms with Crippen LogP contribution >= 0.6 is 0 Å². The zero-order chi connectivity index (χ0) is 13.1. The highest BCUT2D eigenvalue weighted by Crippen LogP contribution is 2.28. The van der Waals surface area contributed by atoms with Crippen molar-refractivity contribution >= 4 is 5.69 Å². The molecule has 3 rings (SSSR count). The molecule has 3 heteroatoms. The van der Waals surface area contributed by atoms with Crippen LogP contribution in [0.1, 0.15) is 50.5 Å². The Morgan fingerprint density at radius 2 is 2.00 bits per heavy atom. The quantitative estimate of drug-likeness (QED) is 0.880. The fourth-order valence-electron chi connectivity index (χ4n) is 3.11. The van der Waals surface area contributed by atoms with Gasteiger partial charge in [-0.15, -0.1) is 0 Å². The average Bonchev–Trinajstić information content (AvgIpc) is 3.30. The molecule has 1 N–H and O–H groups in total. The molecule has 0 aliphatic heterocycles. The van der Waals surface area contributed by atoms with Gasteiger partial charge in [-0.25, -0.2) is 0 Å². The molecule has 1 aromatic heterocycles. The van der Waals surface area contributed by atoms with E-state index in [4.69, 9.17) is 0 Å². The molecule has 0 aromatic carbocycles. The summed E-state index contributed by atoms with van der Waals surface area (Å²) in [5, 5.41) is 3.60. The van der Waals surface area contributed by atoms with Gasteiger partial charge in [-0.3, -0.25) is 4.98 Å². The first-order valence-corrected chi connectivity index (χ1v) is 7.73. The Morgan fingerprint density at radius 3 is 2.74 bits per heavy atom. The predicted octanol–water partition coefficient (Wildman–Crippen LogP) is 3.10. The van der Waals surface area contributed by atoms with Crippen molar-refractivity contribution in [1.82, 2.24) is 10.3 Å². The van der Waals surface area contributed by atoms with Gasteiger partial charge in [0, 0.05) is 49.3 Å². The lowest BCUT2D eigenvalue weighted by Gasteiger charge is -2.34. The summed E-state index contributed by atoms with van der Waals surface area (Å²) in [6, 6.07) is 3.65. The van der Waals surface area contributed by atoms with E-state index in [1.807, 2.05) is 12.4 Å². The van der Waals surface area contributed by atoms with E-state index in [1.165, 1.54) is 56.2 Å². The minimum atomic E-state index is 0.718. The molecule has 0 radical (unpaired) electrons. The van der Waals surface area contributed by atoms with Gasteiger partial charge in [-0.1, -0.05) is 19.3 Å². The minimum Gasteiger partial charge on any atom is -0.371 e. The van der Waals surface area contributed by atoms with Crippen molar-refractivity contribution in [3.05, 3.63) is 24.0 Å². The van der Waals surface area contributed by atoms with Crippen LogP contribution in [-0.2, 0) is 6.54 Å². The Labute approximate surface area is 116 Å². The lowest BCUT2D eigenvalue weighted by atomic mass is 9.94. The van der Waals surface area contributed by atoms with E-state index >= 15 is 0 Å². The molecule has 0 unspecified atom stereocenters. The standard InChI is InChI=1S/C16H25N3/c1-19(15-5-3-2-4-6-15)16-9-10-17-11-13(16)12-18-14-7-8-14/h9-11,14-15,18H,2-8,12H2,1H3. The first-order chi connectivity index (χ1) is 9.34. The van der Waals surface area contributed by atoms with Gasteiger partial charge in [0.1, 0.15) is 0 Å². The van der Waals surface area contributed by atoms with E-state index in [9.17, 15) is 0 Å². The van der Waals surface area contributed by atoms with Crippen LogP contribution in [0.4, 0.5) is 5.69 Å². The van der Waals surface area contributed by atoms with Crippen molar-refractivity contribution in [2.24, 2.45) is 0 Å². The van der Waals surface area contributed by atoms with Gasteiger partial charge in [0.05, 0.1) is 0 Å². The van der Waals surface area contributed by atoms with E-state index in [1.54, 1.807) is 0 Å². The second kappa shape index (κ2) is 5.91. The van der Waals surface area contributed by atoms with Crippen molar-refractivity contribution in [3.63, 3.8) is 0 Å². The third-order valence-corrected chi connectivity index (χ3v) is 4.54. The molecule has 0 saturated heterocycles. The van der Waals surface area contributed by atoms with E-state index < -0.39 is 0 Å². The molecular weight excluding hydrogens is 234 g/mol. The van der Waals surface area contributed by atoms with Crippen molar-refractivity contribution in [3.8, 4) is 0 Å². The molecule has 2 aliphatic carbocycles. The topological polar surface area (TPSA) is 28.2 Å². The van der Waals surface area contributed by atoms with Crippen molar-refractivity contribution in [1.29, 1.82) is 0 Å². The molecule has 19 heavy (non-hydrogen) atoms. The van der Waals surface area contributed by atoms with Gasteiger partial charge in [0.25, 0.3) is 0 Å². The molecule has 1 aromatic rings. The number of anilines is 1. The summed E-state index contributed by atoms with van der Waals surface area (Å²) in [6.07, 6.45) is 13.5. The summed E-state index contributed by atoms with van der Waals surface area (Å²) in [5.74, 6) is 0. The highest BCUT2D eigenvalue weighted by molar-refractivity contribution is 5.52. The van der Waals surface area contributed by atoms with Crippen LogP contribution in [0.25, 0.3) is 0 Å². The van der Waals surface area contributed by atoms with Crippen molar-refractivity contribution < 1.29 is 0 Å². The molecule has 2 saturated carbocycles. The molecule has 3 nitrogen and oxygen atoms in total. The summed E-state index contributed by atoms with van der Waals surface area (Å²) in [5.41, 5.74) is 2.72. The molecular formula is C16H25N3. The Morgan fingerprint density at radius 1 is 1.21 bits per heavy atom. The number of nitrogens with one attached hydrogen (secondary N) is 1. The maximum Gasteiger partial charge on any atom is 0.0442 e. The van der Waals surface area contributed by atoms with Crippen LogP contribution < -0.4 is 10.2 Å². The van der Waals surface area contributed by atoms with Crippen molar-refractivity contribution in [2.45, 2.75) is 63.6 Å². The van der Waals surface area contributed by atoms with Crippen molar-refractivity contribution in [2.75, 3.05) is 11.9 Å². The summed E-state index contributed by atoms with van der Waals surface area (Å²) in [4.78, 5) is 6.80. The molecule has 2 aliphatic rings. The Bertz CT molecular complexity index is 408. The molecule has 0 amide bonds. The smallest absolute Gasteiger partial charge is 0.0442 e. The number of hydrogen-bond acceptors (Lipinski definition) is 3. The number of hydrogen-bond donors (Lipinski definition) is 1. The van der Waals surface area contributed by atoms with Crippen LogP contribution in [0.3, 0.4) is 0 Å². The Kier molecular flexibility index (Phi) is 4.02. The van der Waals surface area contributed by atoms with Crippen LogP contribution in [0.2, 0.25) is 0 Å². The number of rotatable bonds is 5. The maximum atomic E-state index is 4.30. The Balaban J connectivity index is 1.70. The highest BCUT2D eigenvalue weighted by Gasteiger charge is 2.23. The predicted molar refractivity (Wildman–Crippen MR) is 79.4 cm³/mol. The van der Waals surface area contributed by atoms with Gasteiger partial charge in [-0.2, -0.15) is 0 Å². The van der Waals surface area contributed by atoms with E-state index in [2.05, 4.69) is 28.3 Å². The third-order valence-electron chi connectivity index (χ3n) is 4.54. The summed E-state index contributed by atoms with van der Waals surface area (Å²) in [7, 11) is 2.26. The lowest BCUT2D eigenvalue weighted by molar-refractivity contribution is 0.427. The third kappa shape index (κ3) is 3.27. The summed E-state index contributed by atoms with van der Waals surface area (Å²) >= 11 is 0. The normalized spacial score (nSPS) is 20.5. The monoisotopic (exact) mass is 259 g/mol. The summed E-state index contributed by atoms with van der Waals surface area (Å²) in [6.45, 7) is 0.963. The van der Waals surface area contributed by atoms with Crippen LogP contribution in [0.15, 0.2) is 18.5 Å². The second-order valence-electron chi connectivity index (χ2n) is 6.06. The molecule has 0 spiro atoms. The van der Waals surface area contributed by atoms with Gasteiger partial charge in [0.2, 0.25) is 0 Å². The number of pyridine rings is 1. The average molecular weight is 259 g/mol. The largest absolute Gasteiger partial charge is 0.371 e. The number of aromatic nitrogens is 1. The Hall–Kier alpha value is -1.09. The van der Waals surface area contributed by atoms with E-state index in [0.717, 1.165) is 18.6 Å². The molecule has 104 valence electrons. The van der Waals surface area contributed by atoms with Gasteiger partial charge < -0.3 is 10.2 Å². The first kappa shape index (κ1) is 12.9.